The zero-order valence-corrected chi connectivity index (χ0v) is 10.7. The molecule has 0 spiro atoms. The summed E-state index contributed by atoms with van der Waals surface area (Å²) in [5.74, 6) is -2.85. The second-order valence-corrected chi connectivity index (χ2v) is 4.23. The van der Waals surface area contributed by atoms with E-state index < -0.39 is 47.2 Å². The highest BCUT2D eigenvalue weighted by Gasteiger charge is 2.64. The lowest BCUT2D eigenvalue weighted by atomic mass is 10.2. The molecule has 0 saturated carbocycles. The fraction of sp³-hybridized carbons (Fsp3) is 0.500. The summed E-state index contributed by atoms with van der Waals surface area (Å²) in [7, 11) is 0. The van der Waals surface area contributed by atoms with E-state index >= 15 is 0 Å². The summed E-state index contributed by atoms with van der Waals surface area (Å²) < 4.78 is 104. The summed E-state index contributed by atoms with van der Waals surface area (Å²) in [6.45, 7) is 1.35. The van der Waals surface area contributed by atoms with Crippen molar-refractivity contribution in [1.29, 1.82) is 0 Å². The smallest absolute Gasteiger partial charge is 0.272 e. The molecule has 0 bridgehead atoms. The number of benzene rings is 1. The molecular weight excluding hydrogens is 310 g/mol. The molecule has 0 N–H and O–H groups in total. The van der Waals surface area contributed by atoms with Crippen molar-refractivity contribution in [2.45, 2.75) is 38.3 Å². The molecule has 0 aliphatic carbocycles. The van der Waals surface area contributed by atoms with Crippen molar-refractivity contribution in [3.05, 3.63) is 29.8 Å². The van der Waals surface area contributed by atoms with Gasteiger partial charge in [0.05, 0.1) is 5.69 Å². The minimum absolute atomic E-state index is 0.0669. The van der Waals surface area contributed by atoms with Gasteiger partial charge in [0.15, 0.2) is 6.30 Å². The second-order valence-electron chi connectivity index (χ2n) is 4.23. The Morgan fingerprint density at radius 2 is 1.67 bits per heavy atom. The molecule has 1 aromatic rings. The molecule has 1 unspecified atom stereocenters. The van der Waals surface area contributed by atoms with Gasteiger partial charge in [0.25, 0.3) is 0 Å². The van der Waals surface area contributed by atoms with E-state index in [0.717, 1.165) is 0 Å². The summed E-state index contributed by atoms with van der Waals surface area (Å²) in [6.07, 6.45) is -9.75. The number of hydrogen-bond acceptors (Lipinski definition) is 1. The van der Waals surface area contributed by atoms with E-state index in [1.54, 1.807) is 0 Å². The fourth-order valence-electron chi connectivity index (χ4n) is 1.65. The van der Waals surface area contributed by atoms with Crippen molar-refractivity contribution in [1.82, 2.24) is 0 Å². The summed E-state index contributed by atoms with van der Waals surface area (Å²) in [5, 5.41) is 0. The van der Waals surface area contributed by atoms with E-state index in [1.807, 2.05) is 0 Å². The highest BCUT2D eigenvalue weighted by Crippen LogP contribution is 2.43. The van der Waals surface area contributed by atoms with Crippen LogP contribution in [0, 0.1) is 11.6 Å². The predicted molar refractivity (Wildman–Crippen MR) is 59.6 cm³/mol. The first-order valence-corrected chi connectivity index (χ1v) is 5.85. The Kier molecular flexibility index (Phi) is 5.06. The summed E-state index contributed by atoms with van der Waals surface area (Å²) in [4.78, 5) is -1.07. The summed E-state index contributed by atoms with van der Waals surface area (Å²) in [6, 6.07) is -4.72. The Morgan fingerprint density at radius 1 is 1.10 bits per heavy atom. The standard InChI is InChI=1S/C12H11F8N/c1-2-3-10(15)21(12(19,20)11(16,17)18)9-6-7(13)4-5-8(9)14/h4-6,10H,2-3H2,1H3. The van der Waals surface area contributed by atoms with Crippen molar-refractivity contribution in [3.8, 4) is 0 Å². The zero-order chi connectivity index (χ0) is 16.4. The zero-order valence-electron chi connectivity index (χ0n) is 10.7. The van der Waals surface area contributed by atoms with Crippen LogP contribution in [-0.4, -0.2) is 18.5 Å². The maximum Gasteiger partial charge on any atom is 0.475 e. The maximum absolute atomic E-state index is 13.7. The first kappa shape index (κ1) is 17.5. The number of halogens is 8. The molecule has 120 valence electrons. The Balaban J connectivity index is 3.42. The van der Waals surface area contributed by atoms with Crippen molar-refractivity contribution in [2.75, 3.05) is 4.90 Å². The van der Waals surface area contributed by atoms with Gasteiger partial charge in [0.1, 0.15) is 11.6 Å². The quantitative estimate of drug-likeness (QED) is 0.543. The van der Waals surface area contributed by atoms with Gasteiger partial charge in [-0.15, -0.1) is 0 Å². The third kappa shape index (κ3) is 3.56. The molecule has 1 atom stereocenters. The average molecular weight is 321 g/mol. The van der Waals surface area contributed by atoms with Crippen LogP contribution in [0.25, 0.3) is 0 Å². The number of anilines is 1. The van der Waals surface area contributed by atoms with Crippen LogP contribution in [-0.2, 0) is 0 Å². The Bertz CT molecular complexity index is 485. The van der Waals surface area contributed by atoms with Crippen LogP contribution >= 0.6 is 0 Å². The minimum atomic E-state index is -6.15. The molecular formula is C12H11F8N. The summed E-state index contributed by atoms with van der Waals surface area (Å²) >= 11 is 0. The van der Waals surface area contributed by atoms with Gasteiger partial charge in [-0.25, -0.2) is 13.2 Å². The Labute approximate surface area is 115 Å². The van der Waals surface area contributed by atoms with Crippen molar-refractivity contribution in [3.63, 3.8) is 0 Å². The van der Waals surface area contributed by atoms with Crippen LogP contribution < -0.4 is 4.90 Å². The minimum Gasteiger partial charge on any atom is -0.272 e. The first-order valence-electron chi connectivity index (χ1n) is 5.85. The molecule has 0 fully saturated rings. The van der Waals surface area contributed by atoms with Crippen molar-refractivity contribution in [2.24, 2.45) is 0 Å². The normalized spacial score (nSPS) is 14.1. The fourth-order valence-corrected chi connectivity index (χ4v) is 1.65. The highest BCUT2D eigenvalue weighted by molar-refractivity contribution is 5.50. The SMILES string of the molecule is CCCC(F)N(c1cc(F)ccc1F)C(F)(F)C(F)(F)F. The first-order chi connectivity index (χ1) is 9.52. The third-order valence-electron chi connectivity index (χ3n) is 2.62. The number of nitrogens with zero attached hydrogens (tertiary/aromatic N) is 1. The van der Waals surface area contributed by atoms with Crippen LogP contribution in [0.1, 0.15) is 19.8 Å². The maximum atomic E-state index is 13.7. The van der Waals surface area contributed by atoms with E-state index in [1.165, 1.54) is 6.92 Å². The van der Waals surface area contributed by atoms with E-state index in [-0.39, 0.29) is 12.5 Å². The van der Waals surface area contributed by atoms with Gasteiger partial charge >= 0.3 is 12.2 Å². The van der Waals surface area contributed by atoms with E-state index in [4.69, 9.17) is 0 Å². The average Bonchev–Trinajstić information content (AvgIpc) is 2.32. The van der Waals surface area contributed by atoms with Crippen molar-refractivity contribution >= 4 is 5.69 Å². The lowest BCUT2D eigenvalue weighted by Gasteiger charge is -2.36. The molecule has 0 heterocycles. The van der Waals surface area contributed by atoms with Gasteiger partial charge in [-0.05, 0) is 18.6 Å². The highest BCUT2D eigenvalue weighted by atomic mass is 19.4. The van der Waals surface area contributed by atoms with E-state index in [9.17, 15) is 35.1 Å². The molecule has 0 aliphatic heterocycles. The molecule has 1 rings (SSSR count). The lowest BCUT2D eigenvalue weighted by Crippen LogP contribution is -2.56. The van der Waals surface area contributed by atoms with Crippen LogP contribution in [0.3, 0.4) is 0 Å². The largest absolute Gasteiger partial charge is 0.475 e. The summed E-state index contributed by atoms with van der Waals surface area (Å²) in [5.41, 5.74) is -1.49. The van der Waals surface area contributed by atoms with E-state index in [0.29, 0.717) is 12.1 Å². The van der Waals surface area contributed by atoms with Crippen LogP contribution in [0.15, 0.2) is 18.2 Å². The number of rotatable bonds is 5. The number of alkyl halides is 6. The predicted octanol–water partition coefficient (Wildman–Crippen LogP) is 5.02. The lowest BCUT2D eigenvalue weighted by molar-refractivity contribution is -0.286. The van der Waals surface area contributed by atoms with Crippen LogP contribution in [0.5, 0.6) is 0 Å². The van der Waals surface area contributed by atoms with Crippen LogP contribution in [0.2, 0.25) is 0 Å². The second kappa shape index (κ2) is 6.07. The van der Waals surface area contributed by atoms with Crippen molar-refractivity contribution < 1.29 is 35.1 Å². The Hall–Kier alpha value is -1.54. The van der Waals surface area contributed by atoms with Gasteiger partial charge in [-0.3, -0.25) is 4.90 Å². The molecule has 21 heavy (non-hydrogen) atoms. The van der Waals surface area contributed by atoms with Crippen LogP contribution in [0.4, 0.5) is 40.8 Å². The molecule has 0 aromatic heterocycles. The molecule has 1 nitrogen and oxygen atoms in total. The van der Waals surface area contributed by atoms with Gasteiger partial charge < -0.3 is 0 Å². The molecule has 0 radical (unpaired) electrons. The number of hydrogen-bond donors (Lipinski definition) is 0. The van der Waals surface area contributed by atoms with Gasteiger partial charge in [-0.2, -0.15) is 22.0 Å². The monoisotopic (exact) mass is 321 g/mol. The molecule has 9 heteroatoms. The molecule has 1 aromatic carbocycles. The molecule has 0 saturated heterocycles. The Morgan fingerprint density at radius 3 is 2.14 bits per heavy atom. The molecule has 0 aliphatic rings. The van der Waals surface area contributed by atoms with Gasteiger partial charge in [0.2, 0.25) is 0 Å². The van der Waals surface area contributed by atoms with E-state index in [2.05, 4.69) is 0 Å². The third-order valence-corrected chi connectivity index (χ3v) is 2.62. The van der Waals surface area contributed by atoms with Gasteiger partial charge in [0, 0.05) is 6.07 Å². The topological polar surface area (TPSA) is 3.24 Å². The van der Waals surface area contributed by atoms with Gasteiger partial charge in [-0.1, -0.05) is 13.3 Å². The molecule has 0 amide bonds.